The van der Waals surface area contributed by atoms with Crippen molar-refractivity contribution < 1.29 is 19.2 Å². The Morgan fingerprint density at radius 3 is 3.00 bits per heavy atom. The molecule has 0 saturated carbocycles. The van der Waals surface area contributed by atoms with Crippen molar-refractivity contribution in [2.75, 3.05) is 7.11 Å². The average Bonchev–Trinajstić information content (AvgIpc) is 2.51. The second-order valence-corrected chi connectivity index (χ2v) is 2.66. The van der Waals surface area contributed by atoms with Gasteiger partial charge in [-0.3, -0.25) is 4.79 Å². The highest BCUT2D eigenvalue weighted by Gasteiger charge is 2.16. The van der Waals surface area contributed by atoms with E-state index < -0.39 is 12.1 Å². The molecule has 0 bridgehead atoms. The number of hydrogen-bond donors (Lipinski definition) is 1. The van der Waals surface area contributed by atoms with Crippen LogP contribution >= 0.6 is 0 Å². The molecule has 0 aliphatic heterocycles. The van der Waals surface area contributed by atoms with E-state index in [1.165, 1.54) is 7.11 Å². The number of aromatic nitrogens is 1. The van der Waals surface area contributed by atoms with Crippen molar-refractivity contribution in [2.45, 2.75) is 19.4 Å². The first kappa shape index (κ1) is 9.73. The summed E-state index contributed by atoms with van der Waals surface area (Å²) in [4.78, 5) is 10.8. The lowest BCUT2D eigenvalue weighted by Crippen LogP contribution is -2.08. The van der Waals surface area contributed by atoms with Crippen molar-refractivity contribution in [2.24, 2.45) is 0 Å². The molecule has 0 aromatic carbocycles. The van der Waals surface area contributed by atoms with Gasteiger partial charge in [-0.1, -0.05) is 5.16 Å². The lowest BCUT2D eigenvalue weighted by atomic mass is 10.2. The highest BCUT2D eigenvalue weighted by atomic mass is 16.5. The smallest absolute Gasteiger partial charge is 0.308 e. The van der Waals surface area contributed by atoms with Crippen molar-refractivity contribution in [3.8, 4) is 0 Å². The van der Waals surface area contributed by atoms with Gasteiger partial charge < -0.3 is 14.4 Å². The minimum absolute atomic E-state index is 0.109. The molecular formula is C8H11NO4. The number of rotatable bonds is 3. The van der Waals surface area contributed by atoms with E-state index in [1.54, 1.807) is 13.0 Å². The van der Waals surface area contributed by atoms with Gasteiger partial charge in [-0.15, -0.1) is 0 Å². The molecule has 72 valence electrons. The first-order chi connectivity index (χ1) is 6.13. The normalized spacial score (nSPS) is 12.5. The van der Waals surface area contributed by atoms with Crippen LogP contribution in [-0.2, 0) is 9.53 Å². The Balaban J connectivity index is 2.58. The predicted molar refractivity (Wildman–Crippen MR) is 42.8 cm³/mol. The van der Waals surface area contributed by atoms with E-state index in [9.17, 15) is 9.90 Å². The topological polar surface area (TPSA) is 72.6 Å². The molecule has 0 saturated heterocycles. The van der Waals surface area contributed by atoms with Gasteiger partial charge in [-0.05, 0) is 6.92 Å². The van der Waals surface area contributed by atoms with E-state index in [0.29, 0.717) is 11.5 Å². The molecule has 0 aliphatic rings. The van der Waals surface area contributed by atoms with E-state index in [1.807, 2.05) is 0 Å². The molecule has 13 heavy (non-hydrogen) atoms. The third kappa shape index (κ3) is 2.55. The standard InChI is InChI=1S/C8H11NO4/c1-5-3-6(9-13-5)7(10)4-8(11)12-2/h3,7,10H,4H2,1-2H3. The predicted octanol–water partition coefficient (Wildman–Crippen LogP) is 0.580. The number of carbonyl (C=O) groups is 1. The molecule has 1 atom stereocenters. The summed E-state index contributed by atoms with van der Waals surface area (Å²) in [5.74, 6) is 0.118. The number of aliphatic hydroxyl groups excluding tert-OH is 1. The van der Waals surface area contributed by atoms with Crippen LogP contribution in [0, 0.1) is 6.92 Å². The van der Waals surface area contributed by atoms with Crippen LogP contribution in [-0.4, -0.2) is 23.3 Å². The summed E-state index contributed by atoms with van der Waals surface area (Å²) >= 11 is 0. The Labute approximate surface area is 75.3 Å². The molecule has 5 nitrogen and oxygen atoms in total. The molecule has 1 heterocycles. The van der Waals surface area contributed by atoms with Crippen LogP contribution in [0.15, 0.2) is 10.6 Å². The summed E-state index contributed by atoms with van der Waals surface area (Å²) < 4.78 is 9.13. The molecule has 1 unspecified atom stereocenters. The van der Waals surface area contributed by atoms with Crippen LogP contribution in [0.1, 0.15) is 24.0 Å². The number of carbonyl (C=O) groups excluding carboxylic acids is 1. The largest absolute Gasteiger partial charge is 0.469 e. The fourth-order valence-corrected chi connectivity index (χ4v) is 0.888. The van der Waals surface area contributed by atoms with Crippen LogP contribution in [0.3, 0.4) is 0 Å². The van der Waals surface area contributed by atoms with E-state index in [4.69, 9.17) is 4.52 Å². The summed E-state index contributed by atoms with van der Waals surface area (Å²) in [5.41, 5.74) is 0.350. The zero-order chi connectivity index (χ0) is 9.84. The number of aliphatic hydroxyl groups is 1. The van der Waals surface area contributed by atoms with Crippen molar-refractivity contribution in [3.63, 3.8) is 0 Å². The number of methoxy groups -OCH3 is 1. The van der Waals surface area contributed by atoms with Gasteiger partial charge in [-0.2, -0.15) is 0 Å². The number of ether oxygens (including phenoxy) is 1. The Kier molecular flexibility index (Phi) is 3.02. The monoisotopic (exact) mass is 185 g/mol. The van der Waals surface area contributed by atoms with Gasteiger partial charge in [0.05, 0.1) is 13.5 Å². The number of nitrogens with zero attached hydrogens (tertiary/aromatic N) is 1. The van der Waals surface area contributed by atoms with Gasteiger partial charge in [0.15, 0.2) is 0 Å². The average molecular weight is 185 g/mol. The molecule has 0 spiro atoms. The summed E-state index contributed by atoms with van der Waals surface area (Å²) in [6.45, 7) is 1.71. The lowest BCUT2D eigenvalue weighted by Gasteiger charge is -2.03. The highest BCUT2D eigenvalue weighted by Crippen LogP contribution is 2.16. The zero-order valence-corrected chi connectivity index (χ0v) is 7.48. The minimum atomic E-state index is -0.954. The maximum atomic E-state index is 10.8. The Hall–Kier alpha value is -1.36. The van der Waals surface area contributed by atoms with Gasteiger partial charge >= 0.3 is 5.97 Å². The summed E-state index contributed by atoms with van der Waals surface area (Å²) in [7, 11) is 1.27. The SMILES string of the molecule is COC(=O)CC(O)c1cc(C)on1. The zero-order valence-electron chi connectivity index (χ0n) is 7.48. The van der Waals surface area contributed by atoms with Crippen LogP contribution in [0.2, 0.25) is 0 Å². The highest BCUT2D eigenvalue weighted by molar-refractivity contribution is 5.69. The molecule has 0 radical (unpaired) electrons. The number of esters is 1. The van der Waals surface area contributed by atoms with Crippen molar-refractivity contribution in [3.05, 3.63) is 17.5 Å². The third-order valence-electron chi connectivity index (χ3n) is 1.58. The molecule has 1 rings (SSSR count). The van der Waals surface area contributed by atoms with Gasteiger partial charge in [0.25, 0.3) is 0 Å². The van der Waals surface area contributed by atoms with E-state index in [-0.39, 0.29) is 6.42 Å². The second kappa shape index (κ2) is 4.04. The first-order valence-electron chi connectivity index (χ1n) is 3.81. The quantitative estimate of drug-likeness (QED) is 0.697. The van der Waals surface area contributed by atoms with Crippen molar-refractivity contribution in [1.82, 2.24) is 5.16 Å². The molecular weight excluding hydrogens is 174 g/mol. The van der Waals surface area contributed by atoms with E-state index >= 15 is 0 Å². The molecule has 0 aliphatic carbocycles. The number of aryl methyl sites for hydroxylation is 1. The van der Waals surface area contributed by atoms with Crippen LogP contribution in [0.4, 0.5) is 0 Å². The molecule has 1 aromatic rings. The summed E-state index contributed by atoms with van der Waals surface area (Å²) in [6, 6.07) is 1.58. The van der Waals surface area contributed by atoms with Crippen molar-refractivity contribution >= 4 is 5.97 Å². The van der Waals surface area contributed by atoms with Gasteiger partial charge in [0.1, 0.15) is 17.6 Å². The maximum Gasteiger partial charge on any atom is 0.308 e. The first-order valence-corrected chi connectivity index (χ1v) is 3.81. The Morgan fingerprint density at radius 2 is 2.54 bits per heavy atom. The maximum absolute atomic E-state index is 10.8. The Morgan fingerprint density at radius 1 is 1.85 bits per heavy atom. The van der Waals surface area contributed by atoms with Crippen molar-refractivity contribution in [1.29, 1.82) is 0 Å². The molecule has 0 fully saturated rings. The lowest BCUT2D eigenvalue weighted by molar-refractivity contribution is -0.143. The van der Waals surface area contributed by atoms with E-state index in [2.05, 4.69) is 9.89 Å². The third-order valence-corrected chi connectivity index (χ3v) is 1.58. The molecule has 0 amide bonds. The van der Waals surface area contributed by atoms with E-state index in [0.717, 1.165) is 0 Å². The molecule has 1 N–H and O–H groups in total. The van der Waals surface area contributed by atoms with Crippen LogP contribution in [0.25, 0.3) is 0 Å². The Bertz CT molecular complexity index is 294. The summed E-state index contributed by atoms with van der Waals surface area (Å²) in [5, 5.41) is 13.0. The molecule has 5 heteroatoms. The summed E-state index contributed by atoms with van der Waals surface area (Å²) in [6.07, 6.45) is -1.06. The van der Waals surface area contributed by atoms with Crippen LogP contribution in [0.5, 0.6) is 0 Å². The van der Waals surface area contributed by atoms with Gasteiger partial charge in [0, 0.05) is 6.07 Å². The van der Waals surface area contributed by atoms with Gasteiger partial charge in [-0.25, -0.2) is 0 Å². The molecule has 1 aromatic heterocycles. The van der Waals surface area contributed by atoms with Gasteiger partial charge in [0.2, 0.25) is 0 Å². The van der Waals surface area contributed by atoms with Crippen LogP contribution < -0.4 is 0 Å². The minimum Gasteiger partial charge on any atom is -0.469 e. The fourth-order valence-electron chi connectivity index (χ4n) is 0.888. The number of hydrogen-bond acceptors (Lipinski definition) is 5. The second-order valence-electron chi connectivity index (χ2n) is 2.66. The fraction of sp³-hybridized carbons (Fsp3) is 0.500.